The first-order valence-corrected chi connectivity index (χ1v) is 8.34. The summed E-state index contributed by atoms with van der Waals surface area (Å²) in [6.07, 6.45) is 5.29. The van der Waals surface area contributed by atoms with Crippen LogP contribution in [-0.2, 0) is 0 Å². The molecule has 4 aromatic rings. The normalized spacial score (nSPS) is 11.2. The molecule has 1 N–H and O–H groups in total. The topological polar surface area (TPSA) is 63.7 Å². The number of hydrogen-bond acceptors (Lipinski definition) is 5. The molecule has 0 atom stereocenters. The van der Waals surface area contributed by atoms with Crippen LogP contribution in [0.25, 0.3) is 33.3 Å². The van der Waals surface area contributed by atoms with E-state index in [2.05, 4.69) is 44.4 Å². The van der Waals surface area contributed by atoms with Crippen LogP contribution in [0.4, 0.5) is 0 Å². The average Bonchev–Trinajstić information content (AvgIpc) is 3.03. The second-order valence-corrected chi connectivity index (χ2v) is 5.90. The van der Waals surface area contributed by atoms with Crippen molar-refractivity contribution in [1.29, 1.82) is 0 Å². The van der Waals surface area contributed by atoms with Gasteiger partial charge in [0.05, 0.1) is 18.9 Å². The van der Waals surface area contributed by atoms with Crippen molar-refractivity contribution < 1.29 is 4.74 Å². The summed E-state index contributed by atoms with van der Waals surface area (Å²) in [5, 5.41) is 2.25. The van der Waals surface area contributed by atoms with Gasteiger partial charge in [-0.1, -0.05) is 18.2 Å². The standard InChI is InChI=1S/C17H14N4OS/c1-22-15-11-4-3-5-14(23-2)10(11)6-7-12(15)16-20-13-8-18-9-19-17(13)21-16/h3-9H,1-2H3,(H,18,19,20,21). The Morgan fingerprint density at radius 1 is 1.13 bits per heavy atom. The number of imidazole rings is 1. The first-order chi connectivity index (χ1) is 11.3. The minimum absolute atomic E-state index is 0.648. The zero-order valence-corrected chi connectivity index (χ0v) is 13.5. The Morgan fingerprint density at radius 3 is 2.83 bits per heavy atom. The molecule has 2 aromatic carbocycles. The van der Waals surface area contributed by atoms with Crippen LogP contribution < -0.4 is 4.74 Å². The van der Waals surface area contributed by atoms with Gasteiger partial charge < -0.3 is 9.72 Å². The third-order valence-corrected chi connectivity index (χ3v) is 4.61. The lowest BCUT2D eigenvalue weighted by molar-refractivity contribution is 0.421. The van der Waals surface area contributed by atoms with Crippen molar-refractivity contribution in [3.05, 3.63) is 42.9 Å². The summed E-state index contributed by atoms with van der Waals surface area (Å²) in [5.41, 5.74) is 2.37. The molecule has 0 spiro atoms. The van der Waals surface area contributed by atoms with Crippen LogP contribution in [0.3, 0.4) is 0 Å². The highest BCUT2D eigenvalue weighted by atomic mass is 32.2. The Hall–Kier alpha value is -2.60. The van der Waals surface area contributed by atoms with E-state index >= 15 is 0 Å². The van der Waals surface area contributed by atoms with Crippen LogP contribution in [0.15, 0.2) is 47.8 Å². The summed E-state index contributed by atoms with van der Waals surface area (Å²) in [6.45, 7) is 0. The lowest BCUT2D eigenvalue weighted by Gasteiger charge is -2.12. The molecule has 2 aromatic heterocycles. The molecular weight excluding hydrogens is 308 g/mol. The van der Waals surface area contributed by atoms with Gasteiger partial charge in [-0.15, -0.1) is 11.8 Å². The van der Waals surface area contributed by atoms with Crippen molar-refractivity contribution in [3.63, 3.8) is 0 Å². The first kappa shape index (κ1) is 14.0. The molecule has 0 aliphatic heterocycles. The molecule has 0 aliphatic rings. The number of rotatable bonds is 3. The van der Waals surface area contributed by atoms with Gasteiger partial charge >= 0.3 is 0 Å². The molecule has 6 heteroatoms. The fraction of sp³-hybridized carbons (Fsp3) is 0.118. The lowest BCUT2D eigenvalue weighted by Crippen LogP contribution is -1.92. The van der Waals surface area contributed by atoms with E-state index in [-0.39, 0.29) is 0 Å². The summed E-state index contributed by atoms with van der Waals surface area (Å²) in [4.78, 5) is 17.2. The fourth-order valence-electron chi connectivity index (χ4n) is 2.78. The summed E-state index contributed by atoms with van der Waals surface area (Å²) in [6, 6.07) is 10.4. The van der Waals surface area contributed by atoms with E-state index in [0.717, 1.165) is 28.0 Å². The number of nitrogens with one attached hydrogen (secondary N) is 1. The van der Waals surface area contributed by atoms with E-state index in [9.17, 15) is 0 Å². The van der Waals surface area contributed by atoms with Gasteiger partial charge in [0, 0.05) is 10.3 Å². The van der Waals surface area contributed by atoms with Crippen LogP contribution in [0.2, 0.25) is 0 Å². The van der Waals surface area contributed by atoms with Crippen LogP contribution in [0.5, 0.6) is 5.75 Å². The zero-order valence-electron chi connectivity index (χ0n) is 12.7. The van der Waals surface area contributed by atoms with Gasteiger partial charge in [0.25, 0.3) is 0 Å². The number of ether oxygens (including phenoxy) is 1. The van der Waals surface area contributed by atoms with E-state index in [4.69, 9.17) is 4.74 Å². The van der Waals surface area contributed by atoms with Gasteiger partial charge in [-0.2, -0.15) is 0 Å². The Labute approximate surface area is 137 Å². The van der Waals surface area contributed by atoms with E-state index in [1.807, 2.05) is 12.1 Å². The summed E-state index contributed by atoms with van der Waals surface area (Å²) in [5.74, 6) is 1.54. The number of aromatic nitrogens is 4. The van der Waals surface area contributed by atoms with Crippen molar-refractivity contribution in [2.45, 2.75) is 4.90 Å². The average molecular weight is 322 g/mol. The summed E-state index contributed by atoms with van der Waals surface area (Å²) >= 11 is 1.73. The molecule has 0 aliphatic carbocycles. The van der Waals surface area contributed by atoms with Crippen molar-refractivity contribution in [1.82, 2.24) is 19.9 Å². The number of thioether (sulfide) groups is 1. The van der Waals surface area contributed by atoms with Crippen molar-refractivity contribution in [3.8, 4) is 17.1 Å². The quantitative estimate of drug-likeness (QED) is 0.580. The molecule has 4 rings (SSSR count). The highest BCUT2D eigenvalue weighted by molar-refractivity contribution is 7.98. The van der Waals surface area contributed by atoms with Gasteiger partial charge in [0.2, 0.25) is 0 Å². The number of hydrogen-bond donors (Lipinski definition) is 1. The molecule has 0 unspecified atom stereocenters. The molecule has 2 heterocycles. The lowest BCUT2D eigenvalue weighted by atomic mass is 10.0. The third-order valence-electron chi connectivity index (χ3n) is 3.81. The fourth-order valence-corrected chi connectivity index (χ4v) is 3.39. The maximum absolute atomic E-state index is 5.70. The van der Waals surface area contributed by atoms with Gasteiger partial charge in [0.1, 0.15) is 23.4 Å². The summed E-state index contributed by atoms with van der Waals surface area (Å²) in [7, 11) is 1.69. The number of nitrogens with zero attached hydrogens (tertiary/aromatic N) is 3. The number of aromatic amines is 1. The Morgan fingerprint density at radius 2 is 2.04 bits per heavy atom. The minimum atomic E-state index is 0.648. The number of fused-ring (bicyclic) bond motifs is 2. The highest BCUT2D eigenvalue weighted by Gasteiger charge is 2.15. The van der Waals surface area contributed by atoms with E-state index < -0.39 is 0 Å². The van der Waals surface area contributed by atoms with Gasteiger partial charge in [-0.3, -0.25) is 0 Å². The summed E-state index contributed by atoms with van der Waals surface area (Å²) < 4.78 is 5.70. The molecule has 0 bridgehead atoms. The number of methoxy groups -OCH3 is 1. The zero-order chi connectivity index (χ0) is 15.8. The molecule has 0 saturated carbocycles. The second-order valence-electron chi connectivity index (χ2n) is 5.05. The molecule has 0 saturated heterocycles. The largest absolute Gasteiger partial charge is 0.495 e. The van der Waals surface area contributed by atoms with E-state index in [1.165, 1.54) is 16.6 Å². The third kappa shape index (κ3) is 2.22. The highest BCUT2D eigenvalue weighted by Crippen LogP contribution is 2.38. The van der Waals surface area contributed by atoms with E-state index in [0.29, 0.717) is 5.65 Å². The molecule has 23 heavy (non-hydrogen) atoms. The maximum Gasteiger partial charge on any atom is 0.181 e. The number of H-pyrrole nitrogens is 1. The van der Waals surface area contributed by atoms with Crippen molar-refractivity contribution in [2.24, 2.45) is 0 Å². The molecule has 0 amide bonds. The van der Waals surface area contributed by atoms with Gasteiger partial charge in [-0.25, -0.2) is 15.0 Å². The van der Waals surface area contributed by atoms with Crippen LogP contribution in [-0.4, -0.2) is 33.3 Å². The molecule has 0 fully saturated rings. The smallest absolute Gasteiger partial charge is 0.181 e. The predicted octanol–water partition coefficient (Wildman–Crippen LogP) is 3.90. The molecule has 114 valence electrons. The molecule has 0 radical (unpaired) electrons. The van der Waals surface area contributed by atoms with Gasteiger partial charge in [-0.05, 0) is 23.8 Å². The minimum Gasteiger partial charge on any atom is -0.495 e. The van der Waals surface area contributed by atoms with E-state index in [1.54, 1.807) is 25.1 Å². The molecular formula is C17H14N4OS. The second kappa shape index (κ2) is 5.55. The van der Waals surface area contributed by atoms with Crippen LogP contribution in [0, 0.1) is 0 Å². The SMILES string of the molecule is COc1c(-c2nc3ncncc3[nH]2)ccc2c(SC)cccc12. The monoisotopic (exact) mass is 322 g/mol. The van der Waals surface area contributed by atoms with Crippen LogP contribution in [0.1, 0.15) is 0 Å². The first-order valence-electron chi connectivity index (χ1n) is 7.11. The maximum atomic E-state index is 5.70. The Bertz CT molecular complexity index is 979. The molecule has 5 nitrogen and oxygen atoms in total. The Balaban J connectivity index is 1.99. The number of benzene rings is 2. The van der Waals surface area contributed by atoms with Crippen LogP contribution >= 0.6 is 11.8 Å². The predicted molar refractivity (Wildman–Crippen MR) is 93.0 cm³/mol. The van der Waals surface area contributed by atoms with Gasteiger partial charge in [0.15, 0.2) is 5.65 Å². The van der Waals surface area contributed by atoms with Crippen molar-refractivity contribution >= 4 is 33.7 Å². The van der Waals surface area contributed by atoms with Crippen molar-refractivity contribution in [2.75, 3.05) is 13.4 Å². The Kier molecular flexibility index (Phi) is 3.38.